The Hall–Kier alpha value is -1.98. The Morgan fingerprint density at radius 1 is 1.21 bits per heavy atom. The third kappa shape index (κ3) is 4.76. The predicted molar refractivity (Wildman–Crippen MR) is 112 cm³/mol. The van der Waals surface area contributed by atoms with E-state index in [1.54, 1.807) is 6.21 Å². The fourth-order valence-corrected chi connectivity index (χ4v) is 2.84. The second kappa shape index (κ2) is 8.22. The van der Waals surface area contributed by atoms with Crippen LogP contribution in [-0.4, -0.2) is 11.3 Å². The van der Waals surface area contributed by atoms with E-state index < -0.39 is 0 Å². The Balaban J connectivity index is 2.07. The molecule has 0 unspecified atom stereocenters. The molecule has 0 saturated heterocycles. The topological polar surface area (TPSA) is 36.4 Å². The minimum absolute atomic E-state index is 0.456. The molecule has 0 aliphatic rings. The average Bonchev–Trinajstić information content (AvgIpc) is 2.52. The molecule has 0 spiro atoms. The zero-order valence-corrected chi connectivity index (χ0v) is 16.4. The number of benzene rings is 2. The van der Waals surface area contributed by atoms with Crippen molar-refractivity contribution in [3.63, 3.8) is 0 Å². The molecule has 2 aromatic carbocycles. The molecule has 0 aliphatic carbocycles. The van der Waals surface area contributed by atoms with Crippen molar-refractivity contribution in [1.29, 1.82) is 0 Å². The van der Waals surface area contributed by atoms with Gasteiger partial charge in [0.1, 0.15) is 0 Å². The molecule has 24 heavy (non-hydrogen) atoms. The van der Waals surface area contributed by atoms with Gasteiger partial charge in [-0.05, 0) is 61.8 Å². The number of para-hydroxylation sites is 1. The summed E-state index contributed by atoms with van der Waals surface area (Å²) in [6.45, 7) is 10.1. The molecule has 0 fully saturated rings. The zero-order valence-electron chi connectivity index (χ0n) is 14.0. The van der Waals surface area contributed by atoms with Crippen LogP contribution in [0.15, 0.2) is 52.6 Å². The van der Waals surface area contributed by atoms with Crippen molar-refractivity contribution in [2.24, 2.45) is 5.10 Å². The average molecular weight is 402 g/mol. The van der Waals surface area contributed by atoms with Gasteiger partial charge in [0.2, 0.25) is 0 Å². The van der Waals surface area contributed by atoms with Gasteiger partial charge < -0.3 is 5.32 Å². The molecule has 0 saturated carbocycles. The molecule has 2 N–H and O–H groups in total. The molecule has 0 bridgehead atoms. The number of hydrogen-bond acceptors (Lipinski definition) is 2. The van der Waals surface area contributed by atoms with Gasteiger partial charge in [0.15, 0.2) is 5.11 Å². The molecule has 0 aliphatic heterocycles. The monoisotopic (exact) mass is 401 g/mol. The number of aryl methyl sites for hydroxylation is 2. The van der Waals surface area contributed by atoms with Gasteiger partial charge in [-0.2, -0.15) is 5.10 Å². The van der Waals surface area contributed by atoms with Crippen LogP contribution in [-0.2, 0) is 0 Å². The number of anilines is 1. The van der Waals surface area contributed by atoms with Crippen LogP contribution in [0, 0.1) is 13.8 Å². The lowest BCUT2D eigenvalue weighted by Gasteiger charge is -2.12. The number of hydrogen-bond donors (Lipinski definition) is 2. The summed E-state index contributed by atoms with van der Waals surface area (Å²) >= 11 is 8.79. The lowest BCUT2D eigenvalue weighted by Crippen LogP contribution is -2.24. The fraction of sp³-hybridized carbons (Fsp3) is 0.158. The zero-order chi connectivity index (χ0) is 17.7. The molecular formula is C19H20BrN3S. The summed E-state index contributed by atoms with van der Waals surface area (Å²) < 4.78 is 1.01. The van der Waals surface area contributed by atoms with Gasteiger partial charge in [0, 0.05) is 15.7 Å². The molecule has 0 amide bonds. The van der Waals surface area contributed by atoms with Crippen molar-refractivity contribution >= 4 is 50.7 Å². The fourth-order valence-electron chi connectivity index (χ4n) is 2.32. The van der Waals surface area contributed by atoms with Gasteiger partial charge in [-0.3, -0.25) is 5.43 Å². The van der Waals surface area contributed by atoms with Crippen molar-refractivity contribution in [3.8, 4) is 0 Å². The highest BCUT2D eigenvalue weighted by atomic mass is 79.9. The van der Waals surface area contributed by atoms with Gasteiger partial charge in [-0.1, -0.05) is 52.3 Å². The van der Waals surface area contributed by atoms with E-state index in [4.69, 9.17) is 12.2 Å². The summed E-state index contributed by atoms with van der Waals surface area (Å²) in [5, 5.41) is 7.88. The third-order valence-corrected chi connectivity index (χ3v) is 4.25. The Labute approximate surface area is 157 Å². The van der Waals surface area contributed by atoms with E-state index in [2.05, 4.69) is 38.4 Å². The summed E-state index contributed by atoms with van der Waals surface area (Å²) in [5.41, 5.74) is 9.16. The molecular weight excluding hydrogens is 382 g/mol. The SMILES string of the molecule is C=C(C)c1cc(Br)ccc1C=NNC(=S)Nc1c(C)cccc1C. The normalized spacial score (nSPS) is 10.7. The minimum Gasteiger partial charge on any atom is -0.331 e. The smallest absolute Gasteiger partial charge is 0.191 e. The lowest BCUT2D eigenvalue weighted by atomic mass is 10.0. The first kappa shape index (κ1) is 18.4. The Kier molecular flexibility index (Phi) is 6.29. The molecule has 0 radical (unpaired) electrons. The van der Waals surface area contributed by atoms with E-state index in [1.807, 2.05) is 57.2 Å². The summed E-state index contributed by atoms with van der Waals surface area (Å²) in [7, 11) is 0. The van der Waals surface area contributed by atoms with E-state index in [1.165, 1.54) is 0 Å². The van der Waals surface area contributed by atoms with Crippen LogP contribution in [0.5, 0.6) is 0 Å². The van der Waals surface area contributed by atoms with E-state index in [0.717, 1.165) is 38.0 Å². The molecule has 5 heteroatoms. The maximum atomic E-state index is 5.31. The highest BCUT2D eigenvalue weighted by Crippen LogP contribution is 2.21. The number of hydrazone groups is 1. The maximum Gasteiger partial charge on any atom is 0.191 e. The van der Waals surface area contributed by atoms with Crippen molar-refractivity contribution in [1.82, 2.24) is 5.43 Å². The van der Waals surface area contributed by atoms with Crippen LogP contribution in [0.25, 0.3) is 5.57 Å². The van der Waals surface area contributed by atoms with Gasteiger partial charge in [-0.15, -0.1) is 0 Å². The summed E-state index contributed by atoms with van der Waals surface area (Å²) in [5.74, 6) is 0. The summed E-state index contributed by atoms with van der Waals surface area (Å²) in [6.07, 6.45) is 1.75. The maximum absolute atomic E-state index is 5.31. The van der Waals surface area contributed by atoms with E-state index >= 15 is 0 Å². The minimum atomic E-state index is 0.456. The molecule has 2 aromatic rings. The second-order valence-electron chi connectivity index (χ2n) is 5.60. The second-order valence-corrected chi connectivity index (χ2v) is 6.93. The Morgan fingerprint density at radius 3 is 2.50 bits per heavy atom. The summed E-state index contributed by atoms with van der Waals surface area (Å²) in [4.78, 5) is 0. The highest BCUT2D eigenvalue weighted by molar-refractivity contribution is 9.10. The first-order valence-corrected chi connectivity index (χ1v) is 8.70. The van der Waals surface area contributed by atoms with Gasteiger partial charge >= 0.3 is 0 Å². The number of nitrogens with zero attached hydrogens (tertiary/aromatic N) is 1. The number of halogens is 1. The Morgan fingerprint density at radius 2 is 1.88 bits per heavy atom. The predicted octanol–water partition coefficient (Wildman–Crippen LogP) is 5.42. The number of allylic oxidation sites excluding steroid dienone is 1. The van der Waals surface area contributed by atoms with Gasteiger partial charge in [0.25, 0.3) is 0 Å². The van der Waals surface area contributed by atoms with Gasteiger partial charge in [0.05, 0.1) is 6.21 Å². The lowest BCUT2D eigenvalue weighted by molar-refractivity contribution is 1.05. The molecule has 2 rings (SSSR count). The van der Waals surface area contributed by atoms with Crippen molar-refractivity contribution < 1.29 is 0 Å². The van der Waals surface area contributed by atoms with E-state index in [9.17, 15) is 0 Å². The number of thiocarbonyl (C=S) groups is 1. The number of nitrogens with one attached hydrogen (secondary N) is 2. The number of rotatable bonds is 4. The molecule has 0 aromatic heterocycles. The standard InChI is InChI=1S/C19H20BrN3S/c1-12(2)17-10-16(20)9-8-15(17)11-21-23-19(24)22-18-13(3)6-5-7-14(18)4/h5-11H,1H2,2-4H3,(H2,22,23,24). The van der Waals surface area contributed by atoms with Crippen LogP contribution in [0.3, 0.4) is 0 Å². The van der Waals surface area contributed by atoms with E-state index in [0.29, 0.717) is 5.11 Å². The van der Waals surface area contributed by atoms with Crippen LogP contribution in [0.1, 0.15) is 29.2 Å². The highest BCUT2D eigenvalue weighted by Gasteiger charge is 2.04. The van der Waals surface area contributed by atoms with Crippen LogP contribution in [0.4, 0.5) is 5.69 Å². The van der Waals surface area contributed by atoms with Crippen LogP contribution in [0.2, 0.25) is 0 Å². The molecule has 0 heterocycles. The molecule has 124 valence electrons. The Bertz CT molecular complexity index is 792. The van der Waals surface area contributed by atoms with Crippen molar-refractivity contribution in [2.75, 3.05) is 5.32 Å². The van der Waals surface area contributed by atoms with Crippen molar-refractivity contribution in [2.45, 2.75) is 20.8 Å². The molecule has 3 nitrogen and oxygen atoms in total. The quantitative estimate of drug-likeness (QED) is 0.407. The summed E-state index contributed by atoms with van der Waals surface area (Å²) in [6, 6.07) is 12.1. The first-order chi connectivity index (χ1) is 11.4. The third-order valence-electron chi connectivity index (χ3n) is 3.56. The largest absolute Gasteiger partial charge is 0.331 e. The van der Waals surface area contributed by atoms with Crippen molar-refractivity contribution in [3.05, 3.63) is 69.7 Å². The van der Waals surface area contributed by atoms with Gasteiger partial charge in [-0.25, -0.2) is 0 Å². The first-order valence-electron chi connectivity index (χ1n) is 7.50. The van der Waals surface area contributed by atoms with E-state index in [-0.39, 0.29) is 0 Å². The molecule has 0 atom stereocenters. The van der Waals surface area contributed by atoms with Crippen LogP contribution >= 0.6 is 28.1 Å². The van der Waals surface area contributed by atoms with Crippen LogP contribution < -0.4 is 10.7 Å².